The number of carbonyl (C=O) groups excluding carboxylic acids is 2. The molecular weight excluding hydrogens is 509 g/mol. The summed E-state index contributed by atoms with van der Waals surface area (Å²) in [4.78, 5) is 25.4. The minimum atomic E-state index is -2.06. The van der Waals surface area contributed by atoms with Gasteiger partial charge in [-0.15, -0.1) is 0 Å². The van der Waals surface area contributed by atoms with E-state index in [1.54, 1.807) is 30.5 Å². The summed E-state index contributed by atoms with van der Waals surface area (Å²) >= 11 is 0. The number of halogens is 1. The smallest absolute Gasteiger partial charge is 0.337 e. The van der Waals surface area contributed by atoms with Crippen molar-refractivity contribution < 1.29 is 18.7 Å². The molecule has 8 heteroatoms. The van der Waals surface area contributed by atoms with Gasteiger partial charge in [-0.1, -0.05) is 52.5 Å². The summed E-state index contributed by atoms with van der Waals surface area (Å²) in [5, 5.41) is 7.41. The van der Waals surface area contributed by atoms with Crippen LogP contribution in [0.5, 0.6) is 0 Å². The second kappa shape index (κ2) is 9.31. The molecule has 5 aromatic rings. The molecule has 200 valence electrons. The quantitative estimate of drug-likeness (QED) is 0.185. The number of ether oxygens (including phenoxy) is 1. The van der Waals surface area contributed by atoms with Crippen LogP contribution in [0.3, 0.4) is 0 Å². The maximum Gasteiger partial charge on any atom is 0.337 e. The summed E-state index contributed by atoms with van der Waals surface area (Å²) in [6.07, 6.45) is 1.72. The number of benzene rings is 3. The zero-order chi connectivity index (χ0) is 28.3. The van der Waals surface area contributed by atoms with Crippen molar-refractivity contribution in [1.82, 2.24) is 14.3 Å². The molecule has 2 heterocycles. The number of fused-ring (bicyclic) bond motifs is 2. The first-order valence-corrected chi connectivity index (χ1v) is 16.4. The van der Waals surface area contributed by atoms with E-state index >= 15 is 0 Å². The van der Waals surface area contributed by atoms with Crippen molar-refractivity contribution in [3.05, 3.63) is 78.2 Å². The van der Waals surface area contributed by atoms with Crippen molar-refractivity contribution in [3.63, 3.8) is 0 Å². The van der Waals surface area contributed by atoms with E-state index < -0.39 is 19.5 Å². The summed E-state index contributed by atoms with van der Waals surface area (Å²) in [5.41, 5.74) is 4.36. The summed E-state index contributed by atoms with van der Waals surface area (Å²) in [5.74, 6) is -0.788. The molecule has 0 aliphatic rings. The fourth-order valence-corrected chi connectivity index (χ4v) is 6.99. The van der Waals surface area contributed by atoms with Gasteiger partial charge in [0.1, 0.15) is 5.82 Å². The lowest BCUT2D eigenvalue weighted by molar-refractivity contribution is 0.0600. The molecule has 0 radical (unpaired) electrons. The van der Waals surface area contributed by atoms with Crippen LogP contribution in [0.4, 0.5) is 4.39 Å². The van der Waals surface area contributed by atoms with E-state index in [9.17, 15) is 14.0 Å². The lowest BCUT2D eigenvalue weighted by Crippen LogP contribution is -2.43. The fourth-order valence-electron chi connectivity index (χ4n) is 5.04. The molecule has 0 spiro atoms. The average Bonchev–Trinajstić information content (AvgIpc) is 3.45. The highest BCUT2D eigenvalue weighted by Crippen LogP contribution is 2.36. The number of esters is 1. The van der Waals surface area contributed by atoms with Gasteiger partial charge in [-0.05, 0) is 54.1 Å². The van der Waals surface area contributed by atoms with E-state index in [-0.39, 0.29) is 11.7 Å². The van der Waals surface area contributed by atoms with Gasteiger partial charge in [0.25, 0.3) is 5.91 Å². The van der Waals surface area contributed by atoms with Crippen molar-refractivity contribution in [1.29, 1.82) is 0 Å². The van der Waals surface area contributed by atoms with Crippen LogP contribution in [-0.4, -0.2) is 41.4 Å². The highest BCUT2D eigenvalue weighted by Gasteiger charge is 2.31. The fraction of sp³-hybridized carbons (Fsp3) is 0.258. The number of hydrogen-bond donors (Lipinski definition) is 0. The molecule has 0 saturated heterocycles. The van der Waals surface area contributed by atoms with E-state index in [1.807, 2.05) is 39.0 Å². The Balaban J connectivity index is 1.91. The Kier molecular flexibility index (Phi) is 6.34. The Morgan fingerprint density at radius 1 is 0.923 bits per heavy atom. The standard InChI is InChI=1S/C31H32FN3O3Si/c1-31(2,3)30(37)35-25-17-24-26(16-21(25)18-33-35)34(23-14-12-22(32)13-15-23)28(39(5,6)7)27(24)19-8-10-20(11-9-19)29(36)38-4/h8-18H,1-7H3. The highest BCUT2D eigenvalue weighted by molar-refractivity contribution is 6.89. The lowest BCUT2D eigenvalue weighted by Gasteiger charge is -2.23. The topological polar surface area (TPSA) is 66.1 Å². The zero-order valence-corrected chi connectivity index (χ0v) is 24.3. The van der Waals surface area contributed by atoms with Crippen LogP contribution in [0.1, 0.15) is 35.9 Å². The van der Waals surface area contributed by atoms with Crippen LogP contribution >= 0.6 is 0 Å². The minimum absolute atomic E-state index is 0.0933. The van der Waals surface area contributed by atoms with Gasteiger partial charge in [0.05, 0.1) is 38.0 Å². The van der Waals surface area contributed by atoms with E-state index in [0.29, 0.717) is 5.56 Å². The number of nitrogens with zero attached hydrogens (tertiary/aromatic N) is 3. The van der Waals surface area contributed by atoms with Crippen molar-refractivity contribution in [2.24, 2.45) is 5.41 Å². The van der Waals surface area contributed by atoms with Gasteiger partial charge in [-0.25, -0.2) is 9.18 Å². The molecule has 0 fully saturated rings. The second-order valence-corrected chi connectivity index (χ2v) is 16.9. The molecule has 0 bridgehead atoms. The maximum absolute atomic E-state index is 14.0. The predicted molar refractivity (Wildman–Crippen MR) is 156 cm³/mol. The Labute approximate surface area is 228 Å². The molecule has 0 atom stereocenters. The van der Waals surface area contributed by atoms with Crippen LogP contribution in [0, 0.1) is 11.2 Å². The predicted octanol–water partition coefficient (Wildman–Crippen LogP) is 6.80. The van der Waals surface area contributed by atoms with Gasteiger partial charge >= 0.3 is 5.97 Å². The molecule has 2 aromatic heterocycles. The van der Waals surface area contributed by atoms with Crippen molar-refractivity contribution in [2.75, 3.05) is 7.11 Å². The van der Waals surface area contributed by atoms with Crippen LogP contribution in [0.15, 0.2) is 66.9 Å². The summed E-state index contributed by atoms with van der Waals surface area (Å²) in [6, 6.07) is 18.0. The van der Waals surface area contributed by atoms with Gasteiger partial charge < -0.3 is 9.30 Å². The third kappa shape index (κ3) is 4.59. The van der Waals surface area contributed by atoms with E-state index in [0.717, 1.165) is 43.9 Å². The van der Waals surface area contributed by atoms with Crippen LogP contribution in [0.2, 0.25) is 19.6 Å². The van der Waals surface area contributed by atoms with Crippen LogP contribution < -0.4 is 5.32 Å². The summed E-state index contributed by atoms with van der Waals surface area (Å²) < 4.78 is 22.6. The summed E-state index contributed by atoms with van der Waals surface area (Å²) in [7, 11) is -0.695. The molecule has 0 unspecified atom stereocenters. The summed E-state index contributed by atoms with van der Waals surface area (Å²) in [6.45, 7) is 12.5. The third-order valence-electron chi connectivity index (χ3n) is 6.88. The van der Waals surface area contributed by atoms with Gasteiger partial charge in [0.15, 0.2) is 0 Å². The number of methoxy groups -OCH3 is 1. The number of carbonyl (C=O) groups is 2. The SMILES string of the molecule is COC(=O)c1ccc(-c2c([Si](C)(C)C)n(-c3ccc(F)cc3)c3cc4cnn(C(=O)C(C)(C)C)c4cc23)cc1. The van der Waals surface area contributed by atoms with Crippen LogP contribution in [0.25, 0.3) is 38.6 Å². The van der Waals surface area contributed by atoms with E-state index in [1.165, 1.54) is 23.9 Å². The Morgan fingerprint density at radius 2 is 1.56 bits per heavy atom. The molecule has 3 aromatic carbocycles. The Bertz CT molecular complexity index is 1740. The minimum Gasteiger partial charge on any atom is -0.465 e. The molecule has 39 heavy (non-hydrogen) atoms. The number of aromatic nitrogens is 3. The largest absolute Gasteiger partial charge is 0.465 e. The first-order valence-electron chi connectivity index (χ1n) is 12.9. The van der Waals surface area contributed by atoms with E-state index in [2.05, 4.69) is 35.4 Å². The maximum atomic E-state index is 14.0. The number of rotatable bonds is 4. The first-order chi connectivity index (χ1) is 18.3. The first kappa shape index (κ1) is 26.6. The van der Waals surface area contributed by atoms with Crippen molar-refractivity contribution >= 4 is 47.1 Å². The Hall–Kier alpha value is -4.04. The van der Waals surface area contributed by atoms with Crippen LogP contribution in [-0.2, 0) is 4.74 Å². The number of hydrogen-bond acceptors (Lipinski definition) is 4. The van der Waals surface area contributed by atoms with Crippen molar-refractivity contribution in [3.8, 4) is 16.8 Å². The van der Waals surface area contributed by atoms with Gasteiger partial charge in [0, 0.05) is 32.8 Å². The molecule has 0 aliphatic heterocycles. The highest BCUT2D eigenvalue weighted by atomic mass is 28.3. The molecule has 0 saturated carbocycles. The molecular formula is C31H32FN3O3Si. The molecule has 5 rings (SSSR count). The zero-order valence-electron chi connectivity index (χ0n) is 23.3. The molecule has 0 amide bonds. The average molecular weight is 542 g/mol. The third-order valence-corrected chi connectivity index (χ3v) is 8.77. The molecule has 0 aliphatic carbocycles. The lowest BCUT2D eigenvalue weighted by atomic mass is 9.95. The molecule has 6 nitrogen and oxygen atoms in total. The van der Waals surface area contributed by atoms with Gasteiger partial charge in [0.2, 0.25) is 0 Å². The van der Waals surface area contributed by atoms with Gasteiger partial charge in [-0.3, -0.25) is 4.79 Å². The monoisotopic (exact) mass is 541 g/mol. The normalized spacial score (nSPS) is 12.3. The van der Waals surface area contributed by atoms with Gasteiger partial charge in [-0.2, -0.15) is 9.78 Å². The molecule has 0 N–H and O–H groups in total. The second-order valence-electron chi connectivity index (χ2n) is 11.9. The Morgan fingerprint density at radius 3 is 2.13 bits per heavy atom. The van der Waals surface area contributed by atoms with E-state index in [4.69, 9.17) is 4.74 Å². The van der Waals surface area contributed by atoms with Crippen molar-refractivity contribution in [2.45, 2.75) is 40.4 Å².